The minimum atomic E-state index is -4.29. The van der Waals surface area contributed by atoms with Crippen LogP contribution in [0.3, 0.4) is 0 Å². The first-order valence-electron chi connectivity index (χ1n) is 12.7. The molecule has 0 bridgehead atoms. The number of fused-ring (bicyclic) bond motifs is 2. The standard InChI is InChI=1S/C27H37N3O3S2/c1-3-5-17-28-19-11-20-29(18-6-4-2)27(28)26(35(31,32)33)16-21-30-22-12-7-9-14-24(22)34-25-15-10-8-13-23(25)30/h7-15,19,26-27H,3-6,16-18,20-21H2,1-2H3,(H,31,32,33). The molecule has 2 aromatic carbocycles. The van der Waals surface area contributed by atoms with Gasteiger partial charge in [0.1, 0.15) is 11.4 Å². The second kappa shape index (κ2) is 11.8. The van der Waals surface area contributed by atoms with Crippen molar-refractivity contribution in [1.82, 2.24) is 9.80 Å². The van der Waals surface area contributed by atoms with E-state index in [1.165, 1.54) is 0 Å². The summed E-state index contributed by atoms with van der Waals surface area (Å²) in [7, 11) is -4.29. The normalized spacial score (nSPS) is 18.9. The van der Waals surface area contributed by atoms with Crippen LogP contribution in [0.1, 0.15) is 46.0 Å². The van der Waals surface area contributed by atoms with E-state index in [9.17, 15) is 13.0 Å². The zero-order valence-corrected chi connectivity index (χ0v) is 22.3. The molecule has 0 radical (unpaired) electrons. The van der Waals surface area contributed by atoms with Crippen molar-refractivity contribution in [3.63, 3.8) is 0 Å². The van der Waals surface area contributed by atoms with Crippen LogP contribution in [0.25, 0.3) is 0 Å². The Labute approximate surface area is 214 Å². The Morgan fingerprint density at radius 2 is 1.54 bits per heavy atom. The molecule has 35 heavy (non-hydrogen) atoms. The predicted molar refractivity (Wildman–Crippen MR) is 145 cm³/mol. The fraction of sp³-hybridized carbons (Fsp3) is 0.481. The van der Waals surface area contributed by atoms with E-state index in [4.69, 9.17) is 0 Å². The highest BCUT2D eigenvalue weighted by molar-refractivity contribution is 7.99. The van der Waals surface area contributed by atoms with Crippen LogP contribution in [0.4, 0.5) is 11.4 Å². The van der Waals surface area contributed by atoms with Crippen molar-refractivity contribution in [2.24, 2.45) is 0 Å². The SMILES string of the molecule is CCCCN1C=CCN(CCCC)C1C(CCN1c2ccccc2Sc2ccccc21)S(=O)(=O)O. The van der Waals surface area contributed by atoms with Gasteiger partial charge in [-0.1, -0.05) is 68.8 Å². The number of anilines is 2. The highest BCUT2D eigenvalue weighted by Crippen LogP contribution is 2.48. The largest absolute Gasteiger partial charge is 0.361 e. The van der Waals surface area contributed by atoms with E-state index in [1.807, 2.05) is 30.5 Å². The van der Waals surface area contributed by atoms with Gasteiger partial charge in [-0.05, 0) is 49.7 Å². The highest BCUT2D eigenvalue weighted by atomic mass is 32.2. The van der Waals surface area contributed by atoms with Gasteiger partial charge in [-0.3, -0.25) is 9.45 Å². The summed E-state index contributed by atoms with van der Waals surface area (Å²) in [6, 6.07) is 16.5. The number of nitrogens with zero attached hydrogens (tertiary/aromatic N) is 3. The van der Waals surface area contributed by atoms with Crippen LogP contribution in [0.5, 0.6) is 0 Å². The second-order valence-electron chi connectivity index (χ2n) is 9.27. The number of hydrogen-bond acceptors (Lipinski definition) is 6. The van der Waals surface area contributed by atoms with E-state index in [0.29, 0.717) is 19.5 Å². The van der Waals surface area contributed by atoms with E-state index in [1.54, 1.807) is 11.8 Å². The van der Waals surface area contributed by atoms with Crippen LogP contribution >= 0.6 is 11.8 Å². The molecule has 0 saturated heterocycles. The number of hydrogen-bond donors (Lipinski definition) is 1. The van der Waals surface area contributed by atoms with Gasteiger partial charge in [0.15, 0.2) is 0 Å². The minimum absolute atomic E-state index is 0.329. The lowest BCUT2D eigenvalue weighted by molar-refractivity contribution is 0.0631. The first-order valence-corrected chi connectivity index (χ1v) is 15.0. The molecule has 1 N–H and O–H groups in total. The molecule has 2 heterocycles. The van der Waals surface area contributed by atoms with Crippen molar-refractivity contribution in [2.45, 2.75) is 67.2 Å². The van der Waals surface area contributed by atoms with Gasteiger partial charge < -0.3 is 9.80 Å². The molecule has 8 heteroatoms. The van der Waals surface area contributed by atoms with Gasteiger partial charge in [-0.2, -0.15) is 8.42 Å². The molecule has 2 unspecified atom stereocenters. The summed E-state index contributed by atoms with van der Waals surface area (Å²) >= 11 is 1.74. The van der Waals surface area contributed by atoms with E-state index in [2.05, 4.69) is 58.9 Å². The van der Waals surface area contributed by atoms with Crippen molar-refractivity contribution in [2.75, 3.05) is 31.1 Å². The molecule has 0 aromatic heterocycles. The van der Waals surface area contributed by atoms with E-state index >= 15 is 0 Å². The molecule has 2 atom stereocenters. The maximum Gasteiger partial charge on any atom is 0.271 e. The van der Waals surface area contributed by atoms with Crippen LogP contribution in [-0.2, 0) is 10.1 Å². The molecule has 0 amide bonds. The third kappa shape index (κ3) is 6.05. The molecule has 6 nitrogen and oxygen atoms in total. The predicted octanol–water partition coefficient (Wildman–Crippen LogP) is 5.99. The monoisotopic (exact) mass is 515 g/mol. The Hall–Kier alpha value is -2.00. The Morgan fingerprint density at radius 3 is 2.14 bits per heavy atom. The molecule has 2 aliphatic heterocycles. The summed E-state index contributed by atoms with van der Waals surface area (Å²) in [4.78, 5) is 8.89. The van der Waals surface area contributed by atoms with Crippen LogP contribution < -0.4 is 4.90 Å². The molecule has 0 saturated carbocycles. The third-order valence-electron chi connectivity index (χ3n) is 6.80. The van der Waals surface area contributed by atoms with Gasteiger partial charge in [0.05, 0.1) is 11.4 Å². The topological polar surface area (TPSA) is 64.1 Å². The quantitative estimate of drug-likeness (QED) is 0.369. The lowest BCUT2D eigenvalue weighted by atomic mass is 10.1. The average molecular weight is 516 g/mol. The lowest BCUT2D eigenvalue weighted by Gasteiger charge is -2.45. The van der Waals surface area contributed by atoms with Gasteiger partial charge in [0.2, 0.25) is 0 Å². The van der Waals surface area contributed by atoms with Crippen molar-refractivity contribution < 1.29 is 13.0 Å². The second-order valence-corrected chi connectivity index (χ2v) is 12.0. The Kier molecular flexibility index (Phi) is 8.81. The number of benzene rings is 2. The fourth-order valence-electron chi connectivity index (χ4n) is 5.04. The Bertz CT molecular complexity index is 1080. The van der Waals surface area contributed by atoms with Crippen molar-refractivity contribution in [3.05, 3.63) is 60.8 Å². The van der Waals surface area contributed by atoms with Crippen LogP contribution in [0.2, 0.25) is 0 Å². The minimum Gasteiger partial charge on any atom is -0.361 e. The highest BCUT2D eigenvalue weighted by Gasteiger charge is 2.40. The molecule has 0 spiro atoms. The van der Waals surface area contributed by atoms with E-state index in [-0.39, 0.29) is 6.17 Å². The molecule has 4 rings (SSSR count). The Balaban J connectivity index is 1.65. The van der Waals surface area contributed by atoms with Crippen molar-refractivity contribution in [3.8, 4) is 0 Å². The summed E-state index contributed by atoms with van der Waals surface area (Å²) in [6.07, 6.45) is 8.13. The molecule has 0 aliphatic carbocycles. The molecule has 2 aliphatic rings. The van der Waals surface area contributed by atoms with Crippen molar-refractivity contribution >= 4 is 33.3 Å². The number of rotatable bonds is 11. The molecular weight excluding hydrogens is 478 g/mol. The number of para-hydroxylation sites is 2. The van der Waals surface area contributed by atoms with Gasteiger partial charge in [-0.15, -0.1) is 0 Å². The summed E-state index contributed by atoms with van der Waals surface area (Å²) in [5.74, 6) is 0. The molecule has 0 fully saturated rings. The molecule has 190 valence electrons. The smallest absolute Gasteiger partial charge is 0.271 e. The summed E-state index contributed by atoms with van der Waals surface area (Å²) < 4.78 is 36.3. The lowest BCUT2D eigenvalue weighted by Crippen LogP contribution is -2.58. The van der Waals surface area contributed by atoms with Crippen LogP contribution in [-0.4, -0.2) is 60.4 Å². The number of unbranched alkanes of at least 4 members (excludes halogenated alkanes) is 2. The van der Waals surface area contributed by atoms with Gasteiger partial charge >= 0.3 is 0 Å². The zero-order chi connectivity index (χ0) is 24.8. The fourth-order valence-corrected chi connectivity index (χ4v) is 7.17. The maximum absolute atomic E-state index is 12.9. The van der Waals surface area contributed by atoms with Gasteiger partial charge in [-0.25, -0.2) is 0 Å². The van der Waals surface area contributed by atoms with E-state index < -0.39 is 15.4 Å². The van der Waals surface area contributed by atoms with Crippen molar-refractivity contribution in [1.29, 1.82) is 0 Å². The van der Waals surface area contributed by atoms with E-state index in [0.717, 1.165) is 59.9 Å². The third-order valence-corrected chi connectivity index (χ3v) is 9.18. The average Bonchev–Trinajstić information content (AvgIpc) is 2.85. The Morgan fingerprint density at radius 1 is 0.943 bits per heavy atom. The van der Waals surface area contributed by atoms with Gasteiger partial charge in [0, 0.05) is 36.0 Å². The van der Waals surface area contributed by atoms with Crippen LogP contribution in [0.15, 0.2) is 70.6 Å². The first kappa shape index (κ1) is 26.1. The summed E-state index contributed by atoms with van der Waals surface area (Å²) in [5.41, 5.74) is 2.17. The molecule has 2 aromatic rings. The van der Waals surface area contributed by atoms with Gasteiger partial charge in [0.25, 0.3) is 10.1 Å². The molecular formula is C27H37N3O3S2. The zero-order valence-electron chi connectivity index (χ0n) is 20.7. The summed E-state index contributed by atoms with van der Waals surface area (Å²) in [6.45, 7) is 7.08. The van der Waals surface area contributed by atoms with Crippen LogP contribution in [0, 0.1) is 0 Å². The summed E-state index contributed by atoms with van der Waals surface area (Å²) in [5, 5.41) is -0.907. The maximum atomic E-state index is 12.9. The first-order chi connectivity index (χ1) is 16.9.